The summed E-state index contributed by atoms with van der Waals surface area (Å²) in [4.78, 5) is 0. The number of hydrogen-bond donors (Lipinski definition) is 0. The number of aromatic nitrogens is 1. The van der Waals surface area contributed by atoms with Crippen LogP contribution in [0.25, 0.3) is 32.9 Å². The smallest absolute Gasteiger partial charge is 0.217 e. The van der Waals surface area contributed by atoms with Crippen LogP contribution in [0.5, 0.6) is 11.5 Å². The van der Waals surface area contributed by atoms with Gasteiger partial charge in [-0.3, -0.25) is 0 Å². The van der Waals surface area contributed by atoms with Gasteiger partial charge in [-0.05, 0) is 23.3 Å². The van der Waals surface area contributed by atoms with Crippen molar-refractivity contribution in [1.82, 2.24) is 0 Å². The van der Waals surface area contributed by atoms with Gasteiger partial charge in [0.1, 0.15) is 18.5 Å². The van der Waals surface area contributed by atoms with Gasteiger partial charge in [0.05, 0.1) is 10.8 Å². The van der Waals surface area contributed by atoms with Crippen molar-refractivity contribution in [2.24, 2.45) is 7.05 Å². The molecule has 0 saturated heterocycles. The van der Waals surface area contributed by atoms with Crippen LogP contribution >= 0.6 is 0 Å². The molecule has 0 atom stereocenters. The number of benzene rings is 3. The summed E-state index contributed by atoms with van der Waals surface area (Å²) in [5.74, 6) is 1.94. The fourth-order valence-electron chi connectivity index (χ4n) is 4.90. The van der Waals surface area contributed by atoms with Crippen LogP contribution in [0.15, 0.2) is 54.6 Å². The van der Waals surface area contributed by atoms with Gasteiger partial charge in [0.25, 0.3) is 0 Å². The van der Waals surface area contributed by atoms with Gasteiger partial charge in [-0.2, -0.15) is 4.57 Å². The average Bonchev–Trinajstić information content (AvgIpc) is 2.62. The molecule has 2 heterocycles. The second-order valence-electron chi connectivity index (χ2n) is 7.69. The van der Waals surface area contributed by atoms with Gasteiger partial charge < -0.3 is 4.74 Å². The molecule has 2 nitrogen and oxygen atoms in total. The van der Waals surface area contributed by atoms with Crippen molar-refractivity contribution in [3.8, 4) is 22.6 Å². The van der Waals surface area contributed by atoms with Gasteiger partial charge in [0, 0.05) is 28.7 Å². The van der Waals surface area contributed by atoms with E-state index in [4.69, 9.17) is 4.74 Å². The highest BCUT2D eigenvalue weighted by Crippen LogP contribution is 2.57. The molecule has 0 amide bonds. The SMILES string of the molecule is C[n+]1c2cccc3c2c2c4c(cccc41)C(C)(C)c1cccc(c1-2)O3. The molecule has 3 aromatic carbocycles. The molecule has 0 spiro atoms. The van der Waals surface area contributed by atoms with Crippen molar-refractivity contribution in [3.63, 3.8) is 0 Å². The first-order valence-electron chi connectivity index (χ1n) is 8.78. The summed E-state index contributed by atoms with van der Waals surface area (Å²) in [7, 11) is 2.16. The second-order valence-corrected chi connectivity index (χ2v) is 7.69. The molecule has 0 radical (unpaired) electrons. The summed E-state index contributed by atoms with van der Waals surface area (Å²) in [6.45, 7) is 4.65. The van der Waals surface area contributed by atoms with Gasteiger partial charge >= 0.3 is 0 Å². The molecule has 1 aliphatic carbocycles. The average molecular weight is 324 g/mol. The normalized spacial score (nSPS) is 15.6. The van der Waals surface area contributed by atoms with E-state index in [-0.39, 0.29) is 5.41 Å². The summed E-state index contributed by atoms with van der Waals surface area (Å²) in [5, 5.41) is 2.61. The first-order valence-corrected chi connectivity index (χ1v) is 8.78. The number of rotatable bonds is 0. The van der Waals surface area contributed by atoms with E-state index in [1.807, 2.05) is 0 Å². The maximum absolute atomic E-state index is 6.34. The topological polar surface area (TPSA) is 13.1 Å². The monoisotopic (exact) mass is 324 g/mol. The zero-order chi connectivity index (χ0) is 16.9. The molecule has 6 rings (SSSR count). The number of pyridine rings is 1. The minimum atomic E-state index is -0.0474. The van der Waals surface area contributed by atoms with Gasteiger partial charge in [0.15, 0.2) is 0 Å². The van der Waals surface area contributed by atoms with Crippen LogP contribution in [0.3, 0.4) is 0 Å². The third-order valence-corrected chi connectivity index (χ3v) is 6.11. The Morgan fingerprint density at radius 3 is 2.20 bits per heavy atom. The van der Waals surface area contributed by atoms with E-state index in [2.05, 4.69) is 80.1 Å². The summed E-state index contributed by atoms with van der Waals surface area (Å²) < 4.78 is 8.65. The van der Waals surface area contributed by atoms with E-state index < -0.39 is 0 Å². The first-order chi connectivity index (χ1) is 12.1. The van der Waals surface area contributed by atoms with Crippen molar-refractivity contribution >= 4 is 21.8 Å². The van der Waals surface area contributed by atoms with E-state index in [1.165, 1.54) is 44.1 Å². The third kappa shape index (κ3) is 1.37. The predicted octanol–water partition coefficient (Wildman–Crippen LogP) is 5.23. The van der Waals surface area contributed by atoms with Crippen molar-refractivity contribution in [2.75, 3.05) is 0 Å². The van der Waals surface area contributed by atoms with Crippen LogP contribution in [0, 0.1) is 0 Å². The van der Waals surface area contributed by atoms with Crippen LogP contribution in [0.2, 0.25) is 0 Å². The Morgan fingerprint density at radius 2 is 1.36 bits per heavy atom. The Balaban J connectivity index is 2.05. The molecular formula is C23H18NO+. The van der Waals surface area contributed by atoms with Crippen LogP contribution in [-0.2, 0) is 12.5 Å². The summed E-state index contributed by atoms with van der Waals surface area (Å²) in [6, 6.07) is 19.6. The Morgan fingerprint density at radius 1 is 0.720 bits per heavy atom. The molecular weight excluding hydrogens is 306 g/mol. The molecule has 1 aromatic heterocycles. The Bertz CT molecular complexity index is 1250. The molecule has 0 fully saturated rings. The van der Waals surface area contributed by atoms with Crippen LogP contribution in [-0.4, -0.2) is 0 Å². The molecule has 0 N–H and O–H groups in total. The molecule has 120 valence electrons. The zero-order valence-electron chi connectivity index (χ0n) is 14.6. The number of nitrogens with zero attached hydrogens (tertiary/aromatic N) is 1. The van der Waals surface area contributed by atoms with E-state index in [1.54, 1.807) is 0 Å². The largest absolute Gasteiger partial charge is 0.456 e. The molecule has 0 unspecified atom stereocenters. The van der Waals surface area contributed by atoms with Gasteiger partial charge in [-0.25, -0.2) is 0 Å². The van der Waals surface area contributed by atoms with E-state index >= 15 is 0 Å². The lowest BCUT2D eigenvalue weighted by molar-refractivity contribution is -0.617. The number of aryl methyl sites for hydroxylation is 1. The first kappa shape index (κ1) is 13.4. The number of ether oxygens (including phenoxy) is 1. The Hall–Kier alpha value is -2.87. The summed E-state index contributed by atoms with van der Waals surface area (Å²) in [5.41, 5.74) is 7.85. The van der Waals surface area contributed by atoms with Gasteiger partial charge in [-0.15, -0.1) is 0 Å². The number of hydrogen-bond acceptors (Lipinski definition) is 1. The van der Waals surface area contributed by atoms with Crippen molar-refractivity contribution in [2.45, 2.75) is 19.3 Å². The van der Waals surface area contributed by atoms with E-state index in [9.17, 15) is 0 Å². The highest BCUT2D eigenvalue weighted by atomic mass is 16.5. The standard InChI is InChI=1S/C23H18NO/c1-23(2)13-7-4-9-15-19(13)22-20-14(23)8-5-11-17(20)25-18-12-6-10-16(21(18)22)24(15)3/h4-12H,1-3H3/q+1. The minimum absolute atomic E-state index is 0.0474. The predicted molar refractivity (Wildman–Crippen MR) is 100 cm³/mol. The molecule has 0 bridgehead atoms. The molecule has 4 aromatic rings. The van der Waals surface area contributed by atoms with Crippen LogP contribution in [0.4, 0.5) is 0 Å². The molecule has 25 heavy (non-hydrogen) atoms. The van der Waals surface area contributed by atoms with Crippen LogP contribution < -0.4 is 9.30 Å². The Kier molecular flexibility index (Phi) is 2.16. The van der Waals surface area contributed by atoms with Gasteiger partial charge in [-0.1, -0.05) is 44.2 Å². The van der Waals surface area contributed by atoms with Crippen molar-refractivity contribution < 1.29 is 9.30 Å². The van der Waals surface area contributed by atoms with Crippen molar-refractivity contribution in [3.05, 3.63) is 65.7 Å². The fourth-order valence-corrected chi connectivity index (χ4v) is 4.90. The zero-order valence-corrected chi connectivity index (χ0v) is 14.6. The maximum Gasteiger partial charge on any atom is 0.217 e. The maximum atomic E-state index is 6.34. The highest BCUT2D eigenvalue weighted by Gasteiger charge is 2.40. The van der Waals surface area contributed by atoms with Crippen molar-refractivity contribution in [1.29, 1.82) is 0 Å². The highest BCUT2D eigenvalue weighted by molar-refractivity contribution is 6.15. The fraction of sp³-hybridized carbons (Fsp3) is 0.174. The molecule has 2 heteroatoms. The summed E-state index contributed by atoms with van der Waals surface area (Å²) >= 11 is 0. The quantitative estimate of drug-likeness (QED) is 0.281. The molecule has 2 aliphatic rings. The molecule has 0 saturated carbocycles. The Labute approximate surface area is 146 Å². The summed E-state index contributed by atoms with van der Waals surface area (Å²) in [6.07, 6.45) is 0. The molecule has 1 aliphatic heterocycles. The lowest BCUT2D eigenvalue weighted by Crippen LogP contribution is -2.34. The van der Waals surface area contributed by atoms with E-state index in [0.29, 0.717) is 0 Å². The van der Waals surface area contributed by atoms with Gasteiger partial charge in [0.2, 0.25) is 11.0 Å². The van der Waals surface area contributed by atoms with Crippen LogP contribution in [0.1, 0.15) is 25.0 Å². The minimum Gasteiger partial charge on any atom is -0.456 e. The lowest BCUT2D eigenvalue weighted by Gasteiger charge is -2.37. The second kappa shape index (κ2) is 4.02. The lowest BCUT2D eigenvalue weighted by atomic mass is 9.68. The van der Waals surface area contributed by atoms with E-state index in [0.717, 1.165) is 11.5 Å². The third-order valence-electron chi connectivity index (χ3n) is 6.11.